The summed E-state index contributed by atoms with van der Waals surface area (Å²) in [6.07, 6.45) is 11.3. The minimum Gasteiger partial charge on any atom is -0.495 e. The summed E-state index contributed by atoms with van der Waals surface area (Å²) >= 11 is 0. The monoisotopic (exact) mass is 480 g/mol. The Bertz CT molecular complexity index is 1340. The number of allylic oxidation sites excluding steroid dienone is 1. The van der Waals surface area contributed by atoms with Crippen LogP contribution in [0.25, 0.3) is 11.8 Å². The van der Waals surface area contributed by atoms with Gasteiger partial charge in [0.1, 0.15) is 11.4 Å². The summed E-state index contributed by atoms with van der Waals surface area (Å²) in [6, 6.07) is 7.88. The van der Waals surface area contributed by atoms with Gasteiger partial charge in [0.2, 0.25) is 12.0 Å². The number of azo groups is 1. The van der Waals surface area contributed by atoms with Gasteiger partial charge >= 0.3 is 0 Å². The first-order valence-electron chi connectivity index (χ1n) is 11.4. The number of nitrogens with zero attached hydrogens (tertiary/aromatic N) is 5. The SMILES string of the molecule is COc1cc(/C=C/C2N=NC3=CCCCC[N@@+]32c2cc(F)c(F)c(F)c2)ccc1-n1cnc(C)c1. The van der Waals surface area contributed by atoms with Gasteiger partial charge in [-0.25, -0.2) is 22.6 Å². The number of fused-ring (bicyclic) bond motifs is 1. The van der Waals surface area contributed by atoms with E-state index in [1.807, 2.05) is 54.1 Å². The quantitative estimate of drug-likeness (QED) is 0.312. The Hall–Kier alpha value is -3.72. The minimum absolute atomic E-state index is 0.0220. The lowest BCUT2D eigenvalue weighted by molar-refractivity contribution is 0.318. The highest BCUT2D eigenvalue weighted by molar-refractivity contribution is 5.60. The van der Waals surface area contributed by atoms with Crippen LogP contribution in [0.4, 0.5) is 18.9 Å². The lowest BCUT2D eigenvalue weighted by atomic mass is 10.1. The van der Waals surface area contributed by atoms with Crippen molar-refractivity contribution in [2.24, 2.45) is 10.2 Å². The average molecular weight is 481 g/mol. The average Bonchev–Trinajstić information content (AvgIpc) is 3.37. The predicted molar refractivity (Wildman–Crippen MR) is 127 cm³/mol. The molecule has 1 unspecified atom stereocenters. The zero-order valence-corrected chi connectivity index (χ0v) is 19.5. The van der Waals surface area contributed by atoms with E-state index in [0.717, 1.165) is 48.3 Å². The number of aromatic nitrogens is 2. The summed E-state index contributed by atoms with van der Waals surface area (Å²) in [5.74, 6) is -2.64. The molecule has 0 amide bonds. The Morgan fingerprint density at radius 3 is 2.63 bits per heavy atom. The first-order chi connectivity index (χ1) is 16.9. The Balaban J connectivity index is 1.53. The van der Waals surface area contributed by atoms with Crippen molar-refractivity contribution in [3.63, 3.8) is 0 Å². The highest BCUT2D eigenvalue weighted by Gasteiger charge is 2.48. The van der Waals surface area contributed by atoms with Crippen molar-refractivity contribution >= 4 is 11.8 Å². The van der Waals surface area contributed by atoms with Gasteiger partial charge in [-0.2, -0.15) is 0 Å². The van der Waals surface area contributed by atoms with Crippen LogP contribution in [0, 0.1) is 24.4 Å². The second kappa shape index (κ2) is 9.14. The number of hydrogen-bond donors (Lipinski definition) is 0. The molecule has 0 bridgehead atoms. The summed E-state index contributed by atoms with van der Waals surface area (Å²) in [7, 11) is 1.60. The van der Waals surface area contributed by atoms with Gasteiger partial charge in [-0.05, 0) is 56.0 Å². The second-order valence-corrected chi connectivity index (χ2v) is 8.72. The molecule has 1 aromatic heterocycles. The number of aryl methyl sites for hydroxylation is 1. The molecule has 0 radical (unpaired) electrons. The molecular formula is C26H25F3N5O+. The maximum absolute atomic E-state index is 14.2. The largest absolute Gasteiger partial charge is 0.495 e. The number of halogens is 3. The van der Waals surface area contributed by atoms with E-state index in [1.54, 1.807) is 13.4 Å². The van der Waals surface area contributed by atoms with Crippen molar-refractivity contribution < 1.29 is 17.9 Å². The summed E-state index contributed by atoms with van der Waals surface area (Å²) < 4.78 is 49.7. The lowest BCUT2D eigenvalue weighted by Crippen LogP contribution is -2.51. The van der Waals surface area contributed by atoms with Crippen LogP contribution in [0.3, 0.4) is 0 Å². The molecule has 2 aromatic carbocycles. The van der Waals surface area contributed by atoms with Gasteiger partial charge in [0.15, 0.2) is 17.5 Å². The smallest absolute Gasteiger partial charge is 0.249 e. The van der Waals surface area contributed by atoms with E-state index in [2.05, 4.69) is 15.2 Å². The van der Waals surface area contributed by atoms with Crippen molar-refractivity contribution in [2.75, 3.05) is 13.7 Å². The third kappa shape index (κ3) is 4.05. The molecule has 5 rings (SSSR count). The van der Waals surface area contributed by atoms with Gasteiger partial charge in [-0.1, -0.05) is 17.3 Å². The fraction of sp³-hybridized carbons (Fsp3) is 0.269. The van der Waals surface area contributed by atoms with Gasteiger partial charge in [0.25, 0.3) is 0 Å². The minimum atomic E-state index is -1.48. The van der Waals surface area contributed by atoms with Crippen LogP contribution in [-0.2, 0) is 0 Å². The summed E-state index contributed by atoms with van der Waals surface area (Å²) in [4.78, 5) is 4.27. The second-order valence-electron chi connectivity index (χ2n) is 8.72. The van der Waals surface area contributed by atoms with Gasteiger partial charge in [-0.3, -0.25) is 0 Å². The van der Waals surface area contributed by atoms with E-state index < -0.39 is 23.6 Å². The van der Waals surface area contributed by atoms with Gasteiger partial charge < -0.3 is 9.30 Å². The van der Waals surface area contributed by atoms with E-state index in [9.17, 15) is 13.2 Å². The molecule has 2 aliphatic rings. The lowest BCUT2D eigenvalue weighted by Gasteiger charge is -2.35. The molecule has 0 N–H and O–H groups in total. The molecule has 3 aromatic rings. The molecule has 35 heavy (non-hydrogen) atoms. The summed E-state index contributed by atoms with van der Waals surface area (Å²) in [5.41, 5.74) is 2.90. The van der Waals surface area contributed by atoms with Crippen molar-refractivity contribution in [3.05, 3.63) is 89.5 Å². The molecule has 6 nitrogen and oxygen atoms in total. The van der Waals surface area contributed by atoms with Crippen LogP contribution in [-0.4, -0.2) is 29.4 Å². The fourth-order valence-corrected chi connectivity index (χ4v) is 4.74. The highest BCUT2D eigenvalue weighted by atomic mass is 19.2. The maximum atomic E-state index is 14.2. The normalized spacial score (nSPS) is 21.7. The number of quaternary nitrogens is 1. The van der Waals surface area contributed by atoms with E-state index in [0.29, 0.717) is 18.1 Å². The fourth-order valence-electron chi connectivity index (χ4n) is 4.74. The molecule has 0 aliphatic carbocycles. The van der Waals surface area contributed by atoms with Crippen LogP contribution in [0.1, 0.15) is 30.5 Å². The third-order valence-electron chi connectivity index (χ3n) is 6.51. The van der Waals surface area contributed by atoms with Crippen LogP contribution in [0.5, 0.6) is 5.75 Å². The molecule has 0 fully saturated rings. The summed E-state index contributed by atoms with van der Waals surface area (Å²) in [5, 5.41) is 8.80. The number of imidazole rings is 1. The highest BCUT2D eigenvalue weighted by Crippen LogP contribution is 2.42. The number of rotatable bonds is 5. The van der Waals surface area contributed by atoms with Crippen LogP contribution >= 0.6 is 0 Å². The van der Waals surface area contributed by atoms with Gasteiger partial charge in [-0.15, -0.1) is 5.11 Å². The van der Waals surface area contributed by atoms with Crippen LogP contribution in [0.15, 0.2) is 71.1 Å². The molecular weight excluding hydrogens is 455 g/mol. The Labute approximate surface area is 201 Å². The van der Waals surface area contributed by atoms with E-state index >= 15 is 0 Å². The number of hydrogen-bond acceptors (Lipinski definition) is 4. The Morgan fingerprint density at radius 2 is 1.91 bits per heavy atom. The van der Waals surface area contributed by atoms with Crippen LogP contribution in [0.2, 0.25) is 0 Å². The topological polar surface area (TPSA) is 51.8 Å². The zero-order chi connectivity index (χ0) is 24.6. The molecule has 180 valence electrons. The van der Waals surface area contributed by atoms with Gasteiger partial charge in [0, 0.05) is 18.3 Å². The first-order valence-corrected chi connectivity index (χ1v) is 11.4. The standard InChI is InChI=1S/C26H25F3N5O/c1-17-15-33(16-30-17)22-9-7-18(12-23(22)35-2)8-10-25-32-31-24-6-4-3-5-11-34(24,25)19-13-20(27)26(29)21(28)14-19/h6-10,12-16,25H,3-5,11H2,1-2H3/q+1/b10-8+/t25?,34-/m1/s1. The molecule has 2 aliphatic heterocycles. The van der Waals surface area contributed by atoms with Crippen LogP contribution < -0.4 is 9.22 Å². The van der Waals surface area contributed by atoms with E-state index in [4.69, 9.17) is 4.74 Å². The van der Waals surface area contributed by atoms with Crippen molar-refractivity contribution in [1.82, 2.24) is 14.0 Å². The van der Waals surface area contributed by atoms with Crippen molar-refractivity contribution in [3.8, 4) is 11.4 Å². The van der Waals surface area contributed by atoms with E-state index in [-0.39, 0.29) is 10.2 Å². The Kier molecular flexibility index (Phi) is 6.02. The van der Waals surface area contributed by atoms with Crippen molar-refractivity contribution in [2.45, 2.75) is 32.4 Å². The predicted octanol–water partition coefficient (Wildman–Crippen LogP) is 6.44. The third-order valence-corrected chi connectivity index (χ3v) is 6.51. The Morgan fingerprint density at radius 1 is 1.11 bits per heavy atom. The van der Waals surface area contributed by atoms with Gasteiger partial charge in [0.05, 0.1) is 31.4 Å². The molecule has 0 saturated carbocycles. The molecule has 3 heterocycles. The molecule has 0 spiro atoms. The van der Waals surface area contributed by atoms with Crippen molar-refractivity contribution in [1.29, 1.82) is 0 Å². The summed E-state index contributed by atoms with van der Waals surface area (Å²) in [6.45, 7) is 2.46. The van der Waals surface area contributed by atoms with E-state index in [1.165, 1.54) is 0 Å². The molecule has 9 heteroatoms. The number of methoxy groups -OCH3 is 1. The first kappa shape index (κ1) is 23.0. The number of ether oxygens (including phenoxy) is 1. The maximum Gasteiger partial charge on any atom is 0.249 e. The number of benzene rings is 2. The molecule has 0 saturated heterocycles. The molecule has 2 atom stereocenters. The zero-order valence-electron chi connectivity index (χ0n) is 19.5.